The molecule has 2 fully saturated rings. The summed E-state index contributed by atoms with van der Waals surface area (Å²) >= 11 is 0. The molecule has 2 atom stereocenters. The zero-order chi connectivity index (χ0) is 13.2. The number of sulfone groups is 1. The standard InChI is InChI=1S/C14H27NO2S/c1-3-11-7-9-12(10-8-11)15-13-5-4-6-14(13)18(2,16)17/h11-15H,3-10H2,1-2H3. The average molecular weight is 273 g/mol. The molecule has 2 unspecified atom stereocenters. The van der Waals surface area contributed by atoms with Crippen LogP contribution in [0.2, 0.25) is 0 Å². The van der Waals surface area contributed by atoms with E-state index in [2.05, 4.69) is 12.2 Å². The van der Waals surface area contributed by atoms with Crippen LogP contribution in [-0.2, 0) is 9.84 Å². The predicted octanol–water partition coefficient (Wildman–Crippen LogP) is 2.51. The van der Waals surface area contributed by atoms with Gasteiger partial charge in [0.05, 0.1) is 5.25 Å². The minimum absolute atomic E-state index is 0.138. The summed E-state index contributed by atoms with van der Waals surface area (Å²) in [5.41, 5.74) is 0. The highest BCUT2D eigenvalue weighted by Gasteiger charge is 2.36. The van der Waals surface area contributed by atoms with Crippen molar-refractivity contribution in [3.63, 3.8) is 0 Å². The van der Waals surface area contributed by atoms with Crippen molar-refractivity contribution in [2.24, 2.45) is 5.92 Å². The predicted molar refractivity (Wildman–Crippen MR) is 75.4 cm³/mol. The molecular formula is C14H27NO2S. The Balaban J connectivity index is 1.86. The smallest absolute Gasteiger partial charge is 0.151 e. The average Bonchev–Trinajstić information content (AvgIpc) is 2.78. The minimum Gasteiger partial charge on any atom is -0.310 e. The van der Waals surface area contributed by atoms with Gasteiger partial charge in [-0.15, -0.1) is 0 Å². The summed E-state index contributed by atoms with van der Waals surface area (Å²) in [6, 6.07) is 0.767. The van der Waals surface area contributed by atoms with Crippen molar-refractivity contribution < 1.29 is 8.42 Å². The molecule has 0 saturated heterocycles. The molecule has 0 aromatic heterocycles. The zero-order valence-electron chi connectivity index (χ0n) is 11.7. The molecule has 0 heterocycles. The second-order valence-corrected chi connectivity index (χ2v) is 8.46. The minimum atomic E-state index is -2.88. The van der Waals surface area contributed by atoms with Crippen molar-refractivity contribution in [2.75, 3.05) is 6.26 Å². The first-order valence-electron chi connectivity index (χ1n) is 7.45. The van der Waals surface area contributed by atoms with E-state index in [9.17, 15) is 8.42 Å². The van der Waals surface area contributed by atoms with E-state index in [0.717, 1.165) is 25.2 Å². The van der Waals surface area contributed by atoms with Crippen molar-refractivity contribution in [3.05, 3.63) is 0 Å². The summed E-state index contributed by atoms with van der Waals surface area (Å²) in [4.78, 5) is 0. The number of nitrogens with one attached hydrogen (secondary N) is 1. The van der Waals surface area contributed by atoms with Crippen LogP contribution in [0.3, 0.4) is 0 Å². The Morgan fingerprint density at radius 1 is 1.06 bits per heavy atom. The molecule has 106 valence electrons. The molecule has 2 aliphatic rings. The Hall–Kier alpha value is -0.0900. The van der Waals surface area contributed by atoms with Gasteiger partial charge in [-0.2, -0.15) is 0 Å². The molecule has 2 rings (SSSR count). The fourth-order valence-electron chi connectivity index (χ4n) is 3.67. The fraction of sp³-hybridized carbons (Fsp3) is 1.00. The van der Waals surface area contributed by atoms with Crippen molar-refractivity contribution >= 4 is 9.84 Å². The second kappa shape index (κ2) is 5.91. The molecule has 3 nitrogen and oxygen atoms in total. The van der Waals surface area contributed by atoms with E-state index in [0.29, 0.717) is 6.04 Å². The summed E-state index contributed by atoms with van der Waals surface area (Å²) in [6.45, 7) is 2.27. The number of rotatable bonds is 4. The molecule has 0 bridgehead atoms. The van der Waals surface area contributed by atoms with Gasteiger partial charge in [-0.25, -0.2) is 8.42 Å². The summed E-state index contributed by atoms with van der Waals surface area (Å²) in [5.74, 6) is 0.900. The molecule has 4 heteroatoms. The summed E-state index contributed by atoms with van der Waals surface area (Å²) in [6.07, 6.45) is 10.7. The molecule has 2 aliphatic carbocycles. The monoisotopic (exact) mass is 273 g/mol. The van der Waals surface area contributed by atoms with Gasteiger partial charge in [0.25, 0.3) is 0 Å². The summed E-state index contributed by atoms with van der Waals surface area (Å²) in [7, 11) is -2.88. The first-order valence-corrected chi connectivity index (χ1v) is 9.41. The zero-order valence-corrected chi connectivity index (χ0v) is 12.5. The third kappa shape index (κ3) is 3.47. The molecule has 0 spiro atoms. The SMILES string of the molecule is CCC1CCC(NC2CCCC2S(C)(=O)=O)CC1. The lowest BCUT2D eigenvalue weighted by Gasteiger charge is -2.32. The van der Waals surface area contributed by atoms with Crippen molar-refractivity contribution in [1.29, 1.82) is 0 Å². The van der Waals surface area contributed by atoms with Gasteiger partial charge in [0.2, 0.25) is 0 Å². The molecule has 0 amide bonds. The van der Waals surface area contributed by atoms with Crippen LogP contribution in [0.15, 0.2) is 0 Å². The fourth-order valence-corrected chi connectivity index (χ4v) is 5.08. The largest absolute Gasteiger partial charge is 0.310 e. The molecular weight excluding hydrogens is 246 g/mol. The Kier molecular flexibility index (Phi) is 4.70. The lowest BCUT2D eigenvalue weighted by molar-refractivity contribution is 0.269. The first kappa shape index (κ1) is 14.3. The number of hydrogen-bond acceptors (Lipinski definition) is 3. The molecule has 1 N–H and O–H groups in total. The third-order valence-corrected chi connectivity index (χ3v) is 6.54. The highest BCUT2D eigenvalue weighted by atomic mass is 32.2. The molecule has 0 aromatic rings. The van der Waals surface area contributed by atoms with Crippen molar-refractivity contribution in [1.82, 2.24) is 5.32 Å². The van der Waals surface area contributed by atoms with Gasteiger partial charge in [-0.3, -0.25) is 0 Å². The topological polar surface area (TPSA) is 46.2 Å². The van der Waals surface area contributed by atoms with Crippen LogP contribution in [0, 0.1) is 5.92 Å². The van der Waals surface area contributed by atoms with Gasteiger partial charge in [0.15, 0.2) is 9.84 Å². The molecule has 2 saturated carbocycles. The summed E-state index contributed by atoms with van der Waals surface area (Å²) in [5, 5.41) is 3.50. The van der Waals surface area contributed by atoms with E-state index in [1.165, 1.54) is 38.4 Å². The summed E-state index contributed by atoms with van der Waals surface area (Å²) < 4.78 is 23.5. The highest BCUT2D eigenvalue weighted by molar-refractivity contribution is 7.91. The Bertz CT molecular complexity index is 358. The molecule has 18 heavy (non-hydrogen) atoms. The van der Waals surface area contributed by atoms with E-state index >= 15 is 0 Å². The van der Waals surface area contributed by atoms with Gasteiger partial charge in [-0.1, -0.05) is 19.8 Å². The lowest BCUT2D eigenvalue weighted by atomic mass is 9.84. The maximum atomic E-state index is 11.7. The Morgan fingerprint density at radius 3 is 2.28 bits per heavy atom. The maximum absolute atomic E-state index is 11.7. The van der Waals surface area contributed by atoms with Crippen LogP contribution in [0.1, 0.15) is 58.3 Å². The lowest BCUT2D eigenvalue weighted by Crippen LogP contribution is -2.46. The van der Waals surface area contributed by atoms with Gasteiger partial charge >= 0.3 is 0 Å². The van der Waals surface area contributed by atoms with Gasteiger partial charge in [0, 0.05) is 18.3 Å². The van der Waals surface area contributed by atoms with Crippen LogP contribution in [-0.4, -0.2) is 32.0 Å². The van der Waals surface area contributed by atoms with Crippen LogP contribution in [0.5, 0.6) is 0 Å². The van der Waals surface area contributed by atoms with Crippen LogP contribution in [0.4, 0.5) is 0 Å². The van der Waals surface area contributed by atoms with Crippen LogP contribution in [0.25, 0.3) is 0 Å². The van der Waals surface area contributed by atoms with Crippen molar-refractivity contribution in [2.45, 2.75) is 75.6 Å². The first-order chi connectivity index (χ1) is 8.50. The Morgan fingerprint density at radius 2 is 1.72 bits per heavy atom. The van der Waals surface area contributed by atoms with E-state index in [1.807, 2.05) is 0 Å². The molecule has 0 aromatic carbocycles. The van der Waals surface area contributed by atoms with Gasteiger partial charge < -0.3 is 5.32 Å². The maximum Gasteiger partial charge on any atom is 0.151 e. The quantitative estimate of drug-likeness (QED) is 0.856. The van der Waals surface area contributed by atoms with Crippen LogP contribution >= 0.6 is 0 Å². The van der Waals surface area contributed by atoms with E-state index in [1.54, 1.807) is 0 Å². The van der Waals surface area contributed by atoms with Crippen LogP contribution < -0.4 is 5.32 Å². The second-order valence-electron chi connectivity index (χ2n) is 6.20. The normalized spacial score (nSPS) is 37.9. The van der Waals surface area contributed by atoms with Crippen molar-refractivity contribution in [3.8, 4) is 0 Å². The third-order valence-electron chi connectivity index (χ3n) is 4.88. The van der Waals surface area contributed by atoms with E-state index in [-0.39, 0.29) is 11.3 Å². The molecule has 0 radical (unpaired) electrons. The van der Waals surface area contributed by atoms with E-state index in [4.69, 9.17) is 0 Å². The van der Waals surface area contributed by atoms with Gasteiger partial charge in [-0.05, 0) is 44.4 Å². The number of hydrogen-bond donors (Lipinski definition) is 1. The van der Waals surface area contributed by atoms with Gasteiger partial charge in [0.1, 0.15) is 0 Å². The Labute approximate surface area is 112 Å². The highest BCUT2D eigenvalue weighted by Crippen LogP contribution is 2.30. The van der Waals surface area contributed by atoms with E-state index < -0.39 is 9.84 Å². The molecule has 0 aliphatic heterocycles.